The zero-order chi connectivity index (χ0) is 13.0. The Balaban J connectivity index is 2.91. The van der Waals surface area contributed by atoms with Crippen LogP contribution in [-0.2, 0) is 4.79 Å². The second kappa shape index (κ2) is 6.00. The predicted molar refractivity (Wildman–Crippen MR) is 71.6 cm³/mol. The molecule has 0 atom stereocenters. The molecule has 17 heavy (non-hydrogen) atoms. The second-order valence-electron chi connectivity index (χ2n) is 4.12. The van der Waals surface area contributed by atoms with Crippen molar-refractivity contribution in [1.29, 1.82) is 0 Å². The van der Waals surface area contributed by atoms with Crippen molar-refractivity contribution in [3.63, 3.8) is 0 Å². The number of carboxylic acid groups (broad SMARTS) is 1. The Labute approximate surface area is 114 Å². The lowest BCUT2D eigenvalue weighted by molar-refractivity contribution is -0.254. The highest BCUT2D eigenvalue weighted by atomic mass is 127. The normalized spacial score (nSPS) is 10.4. The fourth-order valence-electron chi connectivity index (χ4n) is 1.37. The number of aromatic carboxylic acids is 1. The van der Waals surface area contributed by atoms with Crippen LogP contribution in [-0.4, -0.2) is 11.9 Å². The first-order chi connectivity index (χ1) is 7.90. The first kappa shape index (κ1) is 14.0. The van der Waals surface area contributed by atoms with Crippen LogP contribution in [0.5, 0.6) is 0 Å². The van der Waals surface area contributed by atoms with Gasteiger partial charge in [-0.2, -0.15) is 0 Å². The van der Waals surface area contributed by atoms with Crippen LogP contribution in [0.2, 0.25) is 0 Å². The molecule has 1 rings (SSSR count). The number of halogens is 1. The number of hydrogen-bond donors (Lipinski definition) is 1. The van der Waals surface area contributed by atoms with E-state index in [1.807, 2.05) is 36.4 Å². The number of carboxylic acids is 1. The zero-order valence-electron chi connectivity index (χ0n) is 9.62. The summed E-state index contributed by atoms with van der Waals surface area (Å²) < 4.78 is 0.781. The van der Waals surface area contributed by atoms with Crippen LogP contribution in [0.3, 0.4) is 0 Å². The number of carbonyl (C=O) groups is 2. The molecule has 4 nitrogen and oxygen atoms in total. The molecule has 5 heteroatoms. The van der Waals surface area contributed by atoms with Gasteiger partial charge >= 0.3 is 0 Å². The van der Waals surface area contributed by atoms with Crippen LogP contribution < -0.4 is 10.4 Å². The van der Waals surface area contributed by atoms with Crippen LogP contribution >= 0.6 is 22.6 Å². The molecule has 0 unspecified atom stereocenters. The van der Waals surface area contributed by atoms with Crippen molar-refractivity contribution < 1.29 is 14.7 Å². The summed E-state index contributed by atoms with van der Waals surface area (Å²) in [6, 6.07) is 4.78. The summed E-state index contributed by atoms with van der Waals surface area (Å²) in [6.45, 7) is 3.85. The van der Waals surface area contributed by atoms with E-state index in [1.165, 1.54) is 6.07 Å². The Bertz CT molecular complexity index is 443. The minimum Gasteiger partial charge on any atom is -0.545 e. The van der Waals surface area contributed by atoms with Gasteiger partial charge in [-0.05, 0) is 46.7 Å². The first-order valence-corrected chi connectivity index (χ1v) is 6.28. The molecule has 0 saturated carbocycles. The van der Waals surface area contributed by atoms with Crippen molar-refractivity contribution in [1.82, 2.24) is 0 Å². The molecule has 0 aliphatic rings. The number of rotatable bonds is 4. The van der Waals surface area contributed by atoms with Gasteiger partial charge in [-0.1, -0.05) is 13.8 Å². The molecule has 0 heterocycles. The molecule has 0 radical (unpaired) electrons. The van der Waals surface area contributed by atoms with Crippen LogP contribution in [0, 0.1) is 9.49 Å². The van der Waals surface area contributed by atoms with Crippen molar-refractivity contribution in [2.75, 3.05) is 5.32 Å². The van der Waals surface area contributed by atoms with Gasteiger partial charge in [0.1, 0.15) is 0 Å². The minimum atomic E-state index is -1.29. The highest BCUT2D eigenvalue weighted by Gasteiger charge is 2.09. The third-order valence-corrected chi connectivity index (χ3v) is 2.74. The average molecular weight is 346 g/mol. The number of carbonyl (C=O) groups excluding carboxylic acids is 2. The maximum atomic E-state index is 11.6. The van der Waals surface area contributed by atoms with E-state index in [-0.39, 0.29) is 23.1 Å². The fraction of sp³-hybridized carbons (Fsp3) is 0.333. The van der Waals surface area contributed by atoms with Gasteiger partial charge < -0.3 is 15.2 Å². The van der Waals surface area contributed by atoms with Crippen molar-refractivity contribution in [3.05, 3.63) is 27.3 Å². The molecule has 0 aliphatic carbocycles. The number of benzene rings is 1. The van der Waals surface area contributed by atoms with Gasteiger partial charge in [-0.3, -0.25) is 4.79 Å². The molecule has 0 saturated heterocycles. The third-order valence-electron chi connectivity index (χ3n) is 2.07. The number of amides is 1. The van der Waals surface area contributed by atoms with E-state index in [0.29, 0.717) is 6.42 Å². The van der Waals surface area contributed by atoms with Crippen molar-refractivity contribution in [3.8, 4) is 0 Å². The Morgan fingerprint density at radius 2 is 2.06 bits per heavy atom. The molecule has 0 aromatic heterocycles. The number of hydrogen-bond acceptors (Lipinski definition) is 3. The summed E-state index contributed by atoms with van der Waals surface area (Å²) in [4.78, 5) is 22.5. The smallest absolute Gasteiger partial charge is 0.224 e. The van der Waals surface area contributed by atoms with Gasteiger partial charge in [0.25, 0.3) is 0 Å². The SMILES string of the molecule is CC(C)CC(=O)Nc1ccc(I)cc1C(=O)[O-]. The summed E-state index contributed by atoms with van der Waals surface area (Å²) >= 11 is 2.01. The van der Waals surface area contributed by atoms with E-state index >= 15 is 0 Å². The lowest BCUT2D eigenvalue weighted by Crippen LogP contribution is -2.25. The van der Waals surface area contributed by atoms with Crippen molar-refractivity contribution in [2.24, 2.45) is 5.92 Å². The lowest BCUT2D eigenvalue weighted by Gasteiger charge is -2.13. The molecule has 1 aromatic carbocycles. The average Bonchev–Trinajstić information content (AvgIpc) is 2.19. The predicted octanol–water partition coefficient (Wildman–Crippen LogP) is 1.64. The summed E-state index contributed by atoms with van der Waals surface area (Å²) in [5.41, 5.74) is 0.296. The van der Waals surface area contributed by atoms with Crippen molar-refractivity contribution >= 4 is 40.2 Å². The van der Waals surface area contributed by atoms with Gasteiger partial charge in [0.05, 0.1) is 5.97 Å². The lowest BCUT2D eigenvalue weighted by atomic mass is 10.1. The summed E-state index contributed by atoms with van der Waals surface area (Å²) in [6.07, 6.45) is 0.360. The maximum Gasteiger partial charge on any atom is 0.224 e. The molecule has 0 fully saturated rings. The van der Waals surface area contributed by atoms with Gasteiger partial charge in [0.2, 0.25) is 5.91 Å². The standard InChI is InChI=1S/C12H14INO3/c1-7(2)5-11(15)14-10-4-3-8(13)6-9(10)12(16)17/h3-4,6-7H,5H2,1-2H3,(H,14,15)(H,16,17)/p-1. The van der Waals surface area contributed by atoms with Crippen LogP contribution in [0.15, 0.2) is 18.2 Å². The van der Waals surface area contributed by atoms with Crippen LogP contribution in [0.25, 0.3) is 0 Å². The molecular weight excluding hydrogens is 333 g/mol. The maximum absolute atomic E-state index is 11.6. The molecular formula is C12H13INO3-. The Hall–Kier alpha value is -1.11. The van der Waals surface area contributed by atoms with Crippen LogP contribution in [0.1, 0.15) is 30.6 Å². The Morgan fingerprint density at radius 3 is 2.59 bits per heavy atom. The monoisotopic (exact) mass is 346 g/mol. The Morgan fingerprint density at radius 1 is 1.41 bits per heavy atom. The topological polar surface area (TPSA) is 69.2 Å². The number of nitrogens with one attached hydrogen (secondary N) is 1. The van der Waals surface area contributed by atoms with E-state index in [0.717, 1.165) is 3.57 Å². The van der Waals surface area contributed by atoms with Crippen molar-refractivity contribution in [2.45, 2.75) is 20.3 Å². The highest BCUT2D eigenvalue weighted by molar-refractivity contribution is 14.1. The second-order valence-corrected chi connectivity index (χ2v) is 5.37. The summed E-state index contributed by atoms with van der Waals surface area (Å²) in [5.74, 6) is -1.25. The molecule has 0 aliphatic heterocycles. The van der Waals surface area contributed by atoms with E-state index in [9.17, 15) is 14.7 Å². The van der Waals surface area contributed by atoms with E-state index in [2.05, 4.69) is 5.32 Å². The minimum absolute atomic E-state index is 0.00834. The molecule has 92 valence electrons. The summed E-state index contributed by atoms with van der Waals surface area (Å²) in [5, 5.41) is 13.5. The summed E-state index contributed by atoms with van der Waals surface area (Å²) in [7, 11) is 0. The highest BCUT2D eigenvalue weighted by Crippen LogP contribution is 2.19. The van der Waals surface area contributed by atoms with E-state index in [4.69, 9.17) is 0 Å². The third kappa shape index (κ3) is 4.33. The molecule has 1 aromatic rings. The van der Waals surface area contributed by atoms with E-state index in [1.54, 1.807) is 12.1 Å². The molecule has 0 spiro atoms. The Kier molecular flexibility index (Phi) is 4.92. The molecule has 0 bridgehead atoms. The van der Waals surface area contributed by atoms with Gasteiger partial charge in [-0.25, -0.2) is 0 Å². The zero-order valence-corrected chi connectivity index (χ0v) is 11.8. The molecule has 1 N–H and O–H groups in total. The van der Waals surface area contributed by atoms with Crippen LogP contribution in [0.4, 0.5) is 5.69 Å². The van der Waals surface area contributed by atoms with Gasteiger partial charge in [0.15, 0.2) is 0 Å². The number of anilines is 1. The fourth-order valence-corrected chi connectivity index (χ4v) is 1.86. The largest absolute Gasteiger partial charge is 0.545 e. The van der Waals surface area contributed by atoms with Gasteiger partial charge in [0, 0.05) is 21.2 Å². The first-order valence-electron chi connectivity index (χ1n) is 5.21. The van der Waals surface area contributed by atoms with E-state index < -0.39 is 5.97 Å². The van der Waals surface area contributed by atoms with Gasteiger partial charge in [-0.15, -0.1) is 0 Å². The quantitative estimate of drug-likeness (QED) is 0.843. The molecule has 1 amide bonds.